The van der Waals surface area contributed by atoms with Crippen LogP contribution in [0.25, 0.3) is 0 Å². The van der Waals surface area contributed by atoms with Crippen molar-refractivity contribution < 1.29 is 9.52 Å². The van der Waals surface area contributed by atoms with Crippen molar-refractivity contribution in [2.24, 2.45) is 5.92 Å². The van der Waals surface area contributed by atoms with E-state index in [4.69, 9.17) is 16.0 Å². The lowest BCUT2D eigenvalue weighted by Crippen LogP contribution is -2.37. The normalized spacial score (nSPS) is 24.1. The van der Waals surface area contributed by atoms with E-state index in [0.29, 0.717) is 12.0 Å². The van der Waals surface area contributed by atoms with Gasteiger partial charge >= 0.3 is 0 Å². The molecule has 2 heterocycles. The van der Waals surface area contributed by atoms with Gasteiger partial charge in [-0.25, -0.2) is 0 Å². The van der Waals surface area contributed by atoms with Gasteiger partial charge in [-0.1, -0.05) is 18.0 Å². The largest absolute Gasteiger partial charge is 0.467 e. The van der Waals surface area contributed by atoms with Gasteiger partial charge in [0.2, 0.25) is 0 Å². The van der Waals surface area contributed by atoms with Gasteiger partial charge in [-0.2, -0.15) is 0 Å². The van der Waals surface area contributed by atoms with Gasteiger partial charge in [-0.3, -0.25) is 5.32 Å². The maximum Gasteiger partial charge on any atom is 0.126 e. The molecule has 2 N–H and O–H groups in total. The molecule has 0 amide bonds. The monoisotopic (exact) mass is 311 g/mol. The van der Waals surface area contributed by atoms with Crippen LogP contribution < -0.4 is 5.32 Å². The minimum Gasteiger partial charge on any atom is -0.467 e. The lowest BCUT2D eigenvalue weighted by atomic mass is 10.0. The lowest BCUT2D eigenvalue weighted by molar-refractivity contribution is 0.200. The van der Waals surface area contributed by atoms with Gasteiger partial charge in [-0.15, -0.1) is 11.3 Å². The van der Waals surface area contributed by atoms with Crippen LogP contribution in [0.15, 0.2) is 34.9 Å². The van der Waals surface area contributed by atoms with Crippen LogP contribution in [-0.2, 0) is 0 Å². The molecule has 0 aliphatic heterocycles. The third kappa shape index (κ3) is 2.93. The maximum absolute atomic E-state index is 9.47. The summed E-state index contributed by atoms with van der Waals surface area (Å²) < 4.78 is 6.36. The Morgan fingerprint density at radius 2 is 2.30 bits per heavy atom. The fourth-order valence-electron chi connectivity index (χ4n) is 2.93. The molecule has 1 fully saturated rings. The smallest absolute Gasteiger partial charge is 0.126 e. The van der Waals surface area contributed by atoms with Gasteiger partial charge in [0.15, 0.2) is 0 Å². The highest BCUT2D eigenvalue weighted by Crippen LogP contribution is 2.34. The van der Waals surface area contributed by atoms with E-state index in [2.05, 4.69) is 5.32 Å². The molecule has 0 spiro atoms. The second-order valence-corrected chi connectivity index (χ2v) is 6.98. The van der Waals surface area contributed by atoms with E-state index < -0.39 is 0 Å². The Balaban J connectivity index is 1.83. The maximum atomic E-state index is 9.47. The summed E-state index contributed by atoms with van der Waals surface area (Å²) in [5, 5.41) is 13.1. The van der Waals surface area contributed by atoms with Crippen molar-refractivity contribution >= 4 is 22.9 Å². The number of aliphatic hydroxyl groups excluding tert-OH is 1. The number of halogens is 1. The second-order valence-electron chi connectivity index (χ2n) is 5.24. The highest BCUT2D eigenvalue weighted by molar-refractivity contribution is 7.16. The van der Waals surface area contributed by atoms with Crippen molar-refractivity contribution in [3.05, 3.63) is 45.5 Å². The zero-order chi connectivity index (χ0) is 13.9. The molecule has 3 nitrogen and oxygen atoms in total. The molecule has 3 rings (SSSR count). The number of thiophene rings is 1. The minimum atomic E-state index is 0.0136. The first-order valence-electron chi connectivity index (χ1n) is 6.93. The van der Waals surface area contributed by atoms with Crippen LogP contribution >= 0.6 is 22.9 Å². The molecule has 0 bridgehead atoms. The van der Waals surface area contributed by atoms with Crippen molar-refractivity contribution in [2.45, 2.75) is 31.3 Å². The average Bonchev–Trinajstić information content (AvgIpc) is 3.17. The lowest BCUT2D eigenvalue weighted by Gasteiger charge is -2.24. The van der Waals surface area contributed by atoms with Crippen molar-refractivity contribution in [2.75, 3.05) is 6.61 Å². The number of rotatable bonds is 5. The summed E-state index contributed by atoms with van der Waals surface area (Å²) >= 11 is 7.63. The van der Waals surface area contributed by atoms with E-state index in [1.807, 2.05) is 24.3 Å². The molecule has 3 unspecified atom stereocenters. The highest BCUT2D eigenvalue weighted by Gasteiger charge is 2.30. The third-order valence-corrected chi connectivity index (χ3v) is 5.28. The van der Waals surface area contributed by atoms with Crippen LogP contribution in [-0.4, -0.2) is 17.8 Å². The van der Waals surface area contributed by atoms with Crippen molar-refractivity contribution in [3.63, 3.8) is 0 Å². The number of hydrogen-bond acceptors (Lipinski definition) is 4. The van der Waals surface area contributed by atoms with Gasteiger partial charge in [0.1, 0.15) is 11.8 Å². The average molecular weight is 312 g/mol. The quantitative estimate of drug-likeness (QED) is 0.882. The van der Waals surface area contributed by atoms with E-state index in [1.54, 1.807) is 17.6 Å². The topological polar surface area (TPSA) is 45.4 Å². The summed E-state index contributed by atoms with van der Waals surface area (Å²) in [6.07, 6.45) is 5.04. The molecule has 5 heteroatoms. The molecule has 1 saturated carbocycles. The summed E-state index contributed by atoms with van der Waals surface area (Å²) in [6, 6.07) is 8.18. The third-order valence-electron chi connectivity index (χ3n) is 3.98. The summed E-state index contributed by atoms with van der Waals surface area (Å²) in [4.78, 5) is 1.15. The Labute approximate surface area is 127 Å². The van der Waals surface area contributed by atoms with Crippen molar-refractivity contribution in [3.8, 4) is 0 Å². The fraction of sp³-hybridized carbons (Fsp3) is 0.467. The van der Waals surface area contributed by atoms with E-state index >= 15 is 0 Å². The summed E-state index contributed by atoms with van der Waals surface area (Å²) in [5.74, 6) is 1.23. The summed E-state index contributed by atoms with van der Waals surface area (Å²) in [5.41, 5.74) is 0. The summed E-state index contributed by atoms with van der Waals surface area (Å²) in [7, 11) is 0. The standard InChI is InChI=1S/C15H18ClNO2S/c16-14-7-6-13(20-14)15(12-5-2-8-19-12)17-11-4-1-3-10(11)9-18/h2,5-8,10-11,15,17-18H,1,3-4,9H2. The van der Waals surface area contributed by atoms with E-state index in [9.17, 15) is 5.11 Å². The highest BCUT2D eigenvalue weighted by atomic mass is 35.5. The SMILES string of the molecule is OCC1CCCC1NC(c1ccco1)c1ccc(Cl)s1. The van der Waals surface area contributed by atoms with E-state index in [0.717, 1.165) is 27.8 Å². The number of nitrogens with one attached hydrogen (secondary N) is 1. The Bertz CT molecular complexity index is 540. The van der Waals surface area contributed by atoms with Crippen LogP contribution in [0.5, 0.6) is 0 Å². The zero-order valence-corrected chi connectivity index (χ0v) is 12.7. The molecule has 2 aromatic heterocycles. The molecule has 108 valence electrons. The fourth-order valence-corrected chi connectivity index (χ4v) is 4.06. The van der Waals surface area contributed by atoms with E-state index in [-0.39, 0.29) is 12.6 Å². The second kappa shape index (κ2) is 6.31. The first-order chi connectivity index (χ1) is 9.78. The van der Waals surface area contributed by atoms with Crippen LogP contribution in [0.2, 0.25) is 4.34 Å². The van der Waals surface area contributed by atoms with Crippen molar-refractivity contribution in [1.29, 1.82) is 0 Å². The molecule has 1 aliphatic carbocycles. The van der Waals surface area contributed by atoms with Gasteiger partial charge in [0, 0.05) is 17.5 Å². The number of hydrogen-bond donors (Lipinski definition) is 2. The molecule has 3 atom stereocenters. The predicted molar refractivity (Wildman–Crippen MR) is 81.2 cm³/mol. The Morgan fingerprint density at radius 3 is 2.95 bits per heavy atom. The van der Waals surface area contributed by atoms with Crippen LogP contribution in [0, 0.1) is 5.92 Å². The zero-order valence-electron chi connectivity index (χ0n) is 11.1. The van der Waals surface area contributed by atoms with Gasteiger partial charge in [0.25, 0.3) is 0 Å². The molecular formula is C15H18ClNO2S. The Hall–Kier alpha value is -0.810. The van der Waals surface area contributed by atoms with Gasteiger partial charge in [-0.05, 0) is 43.0 Å². The molecule has 20 heavy (non-hydrogen) atoms. The van der Waals surface area contributed by atoms with Crippen LogP contribution in [0.3, 0.4) is 0 Å². The first kappa shape index (κ1) is 14.1. The minimum absolute atomic E-state index is 0.0136. The van der Waals surface area contributed by atoms with Crippen LogP contribution in [0.1, 0.15) is 35.9 Å². The molecule has 0 aromatic carbocycles. The number of aliphatic hydroxyl groups is 1. The Morgan fingerprint density at radius 1 is 1.40 bits per heavy atom. The molecule has 1 aliphatic rings. The molecule has 2 aromatic rings. The molecule has 0 saturated heterocycles. The summed E-state index contributed by atoms with van der Waals surface area (Å²) in [6.45, 7) is 0.244. The van der Waals surface area contributed by atoms with Crippen molar-refractivity contribution in [1.82, 2.24) is 5.32 Å². The van der Waals surface area contributed by atoms with Gasteiger partial charge < -0.3 is 9.52 Å². The Kier molecular flexibility index (Phi) is 4.46. The molecule has 0 radical (unpaired) electrons. The van der Waals surface area contributed by atoms with Crippen LogP contribution in [0.4, 0.5) is 0 Å². The number of furan rings is 1. The van der Waals surface area contributed by atoms with Gasteiger partial charge in [0.05, 0.1) is 10.6 Å². The molecular weight excluding hydrogens is 294 g/mol. The predicted octanol–water partition coefficient (Wildman–Crippen LogP) is 3.83. The van der Waals surface area contributed by atoms with E-state index in [1.165, 1.54) is 6.42 Å². The first-order valence-corrected chi connectivity index (χ1v) is 8.13.